The zero-order valence-corrected chi connectivity index (χ0v) is 15.7. The summed E-state index contributed by atoms with van der Waals surface area (Å²) in [6, 6.07) is 17.1. The summed E-state index contributed by atoms with van der Waals surface area (Å²) in [6.07, 6.45) is 3.85. The molecule has 142 valence electrons. The molecule has 1 aliphatic heterocycles. The molecular formula is C22H22N4O2. The molecule has 0 aliphatic carbocycles. The molecule has 0 spiro atoms. The van der Waals surface area contributed by atoms with Gasteiger partial charge in [-0.05, 0) is 28.8 Å². The van der Waals surface area contributed by atoms with Crippen LogP contribution in [0.15, 0.2) is 67.0 Å². The van der Waals surface area contributed by atoms with E-state index in [1.165, 1.54) is 5.56 Å². The Kier molecular flexibility index (Phi) is 4.93. The molecule has 2 aromatic carbocycles. The number of nitrogens with one attached hydrogen (secondary N) is 1. The molecular weight excluding hydrogens is 352 g/mol. The Morgan fingerprint density at radius 3 is 2.61 bits per heavy atom. The van der Waals surface area contributed by atoms with Crippen molar-refractivity contribution in [2.75, 3.05) is 13.1 Å². The van der Waals surface area contributed by atoms with Crippen molar-refractivity contribution < 1.29 is 9.59 Å². The maximum atomic E-state index is 12.8. The number of rotatable bonds is 4. The van der Waals surface area contributed by atoms with Gasteiger partial charge in [0.2, 0.25) is 5.91 Å². The maximum Gasteiger partial charge on any atom is 0.251 e. The fraction of sp³-hybridized carbons (Fsp3) is 0.227. The van der Waals surface area contributed by atoms with Crippen molar-refractivity contribution in [3.05, 3.63) is 89.2 Å². The highest BCUT2D eigenvalue weighted by atomic mass is 16.2. The summed E-state index contributed by atoms with van der Waals surface area (Å²) < 4.78 is 1.78. The Morgan fingerprint density at radius 2 is 1.86 bits per heavy atom. The summed E-state index contributed by atoms with van der Waals surface area (Å²) in [5, 5.41) is 7.02. The highest BCUT2D eigenvalue weighted by molar-refractivity contribution is 5.96. The van der Waals surface area contributed by atoms with Crippen molar-refractivity contribution >= 4 is 11.8 Å². The van der Waals surface area contributed by atoms with Crippen LogP contribution < -0.4 is 5.32 Å². The van der Waals surface area contributed by atoms with Gasteiger partial charge >= 0.3 is 0 Å². The molecule has 0 saturated carbocycles. The average Bonchev–Trinajstić information content (AvgIpc) is 3.17. The minimum atomic E-state index is -0.241. The largest absolute Gasteiger partial charge is 0.343 e. The summed E-state index contributed by atoms with van der Waals surface area (Å²) in [5.74, 6) is -0.254. The van der Waals surface area contributed by atoms with Gasteiger partial charge in [0.1, 0.15) is 0 Å². The highest BCUT2D eigenvalue weighted by Gasteiger charge is 2.29. The lowest BCUT2D eigenvalue weighted by molar-refractivity contribution is -0.131. The first-order valence-electron chi connectivity index (χ1n) is 9.29. The zero-order valence-electron chi connectivity index (χ0n) is 15.7. The maximum absolute atomic E-state index is 12.8. The highest BCUT2D eigenvalue weighted by Crippen LogP contribution is 2.33. The predicted octanol–water partition coefficient (Wildman–Crippen LogP) is 2.32. The van der Waals surface area contributed by atoms with E-state index in [1.807, 2.05) is 42.5 Å². The van der Waals surface area contributed by atoms with Crippen molar-refractivity contribution in [1.82, 2.24) is 20.0 Å². The Hall–Kier alpha value is -3.41. The SMILES string of the molecule is Cn1cc(C2CN(C(=O)CNC(=O)c3ccccc3)Cc3ccccc32)cn1. The van der Waals surface area contributed by atoms with Crippen LogP contribution in [-0.2, 0) is 18.4 Å². The number of fused-ring (bicyclic) bond motifs is 1. The molecule has 28 heavy (non-hydrogen) atoms. The molecule has 1 aromatic heterocycles. The average molecular weight is 374 g/mol. The number of benzene rings is 2. The summed E-state index contributed by atoms with van der Waals surface area (Å²) in [5.41, 5.74) is 3.99. The first-order valence-corrected chi connectivity index (χ1v) is 9.29. The lowest BCUT2D eigenvalue weighted by Gasteiger charge is -2.34. The van der Waals surface area contributed by atoms with E-state index in [-0.39, 0.29) is 24.3 Å². The summed E-state index contributed by atoms with van der Waals surface area (Å²) in [7, 11) is 1.89. The fourth-order valence-electron chi connectivity index (χ4n) is 3.66. The smallest absolute Gasteiger partial charge is 0.251 e. The van der Waals surface area contributed by atoms with Gasteiger partial charge in [0.15, 0.2) is 0 Å². The van der Waals surface area contributed by atoms with Crippen LogP contribution in [0, 0.1) is 0 Å². The third kappa shape index (κ3) is 3.67. The van der Waals surface area contributed by atoms with E-state index in [0.717, 1.165) is 11.1 Å². The number of aromatic nitrogens is 2. The van der Waals surface area contributed by atoms with E-state index in [9.17, 15) is 9.59 Å². The topological polar surface area (TPSA) is 67.2 Å². The first kappa shape index (κ1) is 18.0. The Bertz CT molecular complexity index is 997. The zero-order chi connectivity index (χ0) is 19.5. The fourth-order valence-corrected chi connectivity index (χ4v) is 3.66. The van der Waals surface area contributed by atoms with Gasteiger partial charge in [-0.15, -0.1) is 0 Å². The minimum Gasteiger partial charge on any atom is -0.343 e. The summed E-state index contributed by atoms with van der Waals surface area (Å²) in [4.78, 5) is 26.9. The number of carbonyl (C=O) groups is 2. The molecule has 2 heterocycles. The molecule has 2 amide bonds. The molecule has 0 radical (unpaired) electrons. The van der Waals surface area contributed by atoms with Gasteiger partial charge in [-0.25, -0.2) is 0 Å². The van der Waals surface area contributed by atoms with Gasteiger partial charge in [-0.3, -0.25) is 14.3 Å². The van der Waals surface area contributed by atoms with Gasteiger partial charge in [0.05, 0.1) is 12.7 Å². The molecule has 0 saturated heterocycles. The normalized spacial score (nSPS) is 15.8. The molecule has 1 N–H and O–H groups in total. The van der Waals surface area contributed by atoms with Gasteiger partial charge in [0, 0.05) is 37.8 Å². The van der Waals surface area contributed by atoms with Crippen molar-refractivity contribution in [1.29, 1.82) is 0 Å². The van der Waals surface area contributed by atoms with Gasteiger partial charge < -0.3 is 10.2 Å². The molecule has 0 bridgehead atoms. The lowest BCUT2D eigenvalue weighted by Crippen LogP contribution is -2.44. The number of hydrogen-bond donors (Lipinski definition) is 1. The minimum absolute atomic E-state index is 0.0182. The second-order valence-electron chi connectivity index (χ2n) is 7.02. The lowest BCUT2D eigenvalue weighted by atomic mass is 9.86. The number of nitrogens with zero attached hydrogens (tertiary/aromatic N) is 3. The Labute approximate surface area is 163 Å². The quantitative estimate of drug-likeness (QED) is 0.762. The Balaban J connectivity index is 1.49. The van der Waals surface area contributed by atoms with Crippen LogP contribution in [-0.4, -0.2) is 39.6 Å². The van der Waals surface area contributed by atoms with Crippen molar-refractivity contribution in [2.24, 2.45) is 7.05 Å². The number of carbonyl (C=O) groups excluding carboxylic acids is 2. The van der Waals surface area contributed by atoms with E-state index < -0.39 is 0 Å². The molecule has 0 fully saturated rings. The first-order chi connectivity index (χ1) is 13.6. The van der Waals surface area contributed by atoms with Crippen LogP contribution in [0.5, 0.6) is 0 Å². The molecule has 4 rings (SSSR count). The van der Waals surface area contributed by atoms with Gasteiger partial charge in [-0.2, -0.15) is 5.10 Å². The van der Waals surface area contributed by atoms with Crippen molar-refractivity contribution in [2.45, 2.75) is 12.5 Å². The Morgan fingerprint density at radius 1 is 1.11 bits per heavy atom. The van der Waals surface area contributed by atoms with E-state index in [2.05, 4.69) is 22.5 Å². The van der Waals surface area contributed by atoms with Crippen LogP contribution in [0.1, 0.15) is 33.0 Å². The molecule has 1 atom stereocenters. The second kappa shape index (κ2) is 7.68. The standard InChI is InChI=1S/C22H22N4O2/c1-25-13-18(11-24-25)20-15-26(14-17-9-5-6-10-19(17)20)21(27)12-23-22(28)16-7-3-2-4-8-16/h2-11,13,20H,12,14-15H2,1H3,(H,23,28). The summed E-state index contributed by atoms with van der Waals surface area (Å²) >= 11 is 0. The third-order valence-corrected chi connectivity index (χ3v) is 5.11. The second-order valence-corrected chi connectivity index (χ2v) is 7.02. The molecule has 1 aliphatic rings. The number of hydrogen-bond acceptors (Lipinski definition) is 3. The van der Waals surface area contributed by atoms with Gasteiger partial charge in [-0.1, -0.05) is 42.5 Å². The third-order valence-electron chi connectivity index (χ3n) is 5.11. The number of aryl methyl sites for hydroxylation is 1. The van der Waals surface area contributed by atoms with Crippen LogP contribution in [0.2, 0.25) is 0 Å². The van der Waals surface area contributed by atoms with Crippen LogP contribution in [0.3, 0.4) is 0 Å². The molecule has 6 nitrogen and oxygen atoms in total. The monoisotopic (exact) mass is 374 g/mol. The predicted molar refractivity (Wildman–Crippen MR) is 106 cm³/mol. The molecule has 3 aromatic rings. The van der Waals surface area contributed by atoms with Crippen LogP contribution >= 0.6 is 0 Å². The molecule has 1 unspecified atom stereocenters. The van der Waals surface area contributed by atoms with E-state index in [1.54, 1.807) is 28.9 Å². The van der Waals surface area contributed by atoms with E-state index in [0.29, 0.717) is 18.7 Å². The van der Waals surface area contributed by atoms with Gasteiger partial charge in [0.25, 0.3) is 5.91 Å². The van der Waals surface area contributed by atoms with Crippen LogP contribution in [0.25, 0.3) is 0 Å². The van der Waals surface area contributed by atoms with E-state index in [4.69, 9.17) is 0 Å². The molecule has 6 heteroatoms. The van der Waals surface area contributed by atoms with E-state index >= 15 is 0 Å². The van der Waals surface area contributed by atoms with Crippen molar-refractivity contribution in [3.63, 3.8) is 0 Å². The summed E-state index contributed by atoms with van der Waals surface area (Å²) in [6.45, 7) is 1.10. The van der Waals surface area contributed by atoms with Crippen molar-refractivity contribution in [3.8, 4) is 0 Å². The number of amides is 2. The van der Waals surface area contributed by atoms with Crippen LogP contribution in [0.4, 0.5) is 0 Å².